The Morgan fingerprint density at radius 2 is 1.84 bits per heavy atom. The predicted molar refractivity (Wildman–Crippen MR) is 140 cm³/mol. The number of sulfone groups is 1. The fourth-order valence-corrected chi connectivity index (χ4v) is 6.27. The van der Waals surface area contributed by atoms with Gasteiger partial charge in [0.2, 0.25) is 0 Å². The van der Waals surface area contributed by atoms with E-state index in [1.54, 1.807) is 48.9 Å². The van der Waals surface area contributed by atoms with Gasteiger partial charge in [-0.05, 0) is 50.6 Å². The van der Waals surface area contributed by atoms with E-state index < -0.39 is 15.8 Å². The molecule has 3 heterocycles. The minimum absolute atomic E-state index is 0.00515. The summed E-state index contributed by atoms with van der Waals surface area (Å²) in [5.41, 5.74) is 3.75. The predicted octanol–water partition coefficient (Wildman–Crippen LogP) is 4.20. The van der Waals surface area contributed by atoms with Gasteiger partial charge >= 0.3 is 5.97 Å². The molecule has 0 saturated carbocycles. The summed E-state index contributed by atoms with van der Waals surface area (Å²) in [6.45, 7) is 3.80. The molecule has 1 fully saturated rings. The molecule has 0 bridgehead atoms. The number of esters is 1. The second-order valence-corrected chi connectivity index (χ2v) is 11.2. The molecule has 5 rings (SSSR count). The Hall–Kier alpha value is -4.05. The summed E-state index contributed by atoms with van der Waals surface area (Å²) >= 11 is 0. The number of anilines is 1. The molecule has 1 aliphatic rings. The first-order chi connectivity index (χ1) is 17.8. The quantitative estimate of drug-likeness (QED) is 0.380. The molecule has 1 saturated heterocycles. The van der Waals surface area contributed by atoms with Crippen LogP contribution in [0, 0.1) is 6.92 Å². The van der Waals surface area contributed by atoms with Gasteiger partial charge in [0.25, 0.3) is 5.91 Å². The van der Waals surface area contributed by atoms with Gasteiger partial charge in [0.15, 0.2) is 15.5 Å². The van der Waals surface area contributed by atoms with Crippen molar-refractivity contribution in [3.05, 3.63) is 77.5 Å². The van der Waals surface area contributed by atoms with Gasteiger partial charge in [0.05, 0.1) is 52.1 Å². The van der Waals surface area contributed by atoms with E-state index in [1.165, 1.54) is 0 Å². The highest BCUT2D eigenvalue weighted by molar-refractivity contribution is 7.91. The number of hydrogen-bond acceptors (Lipinski definition) is 7. The number of carbonyl (C=O) groups excluding carboxylic acids is 2. The molecular formula is C27H26N4O5S. The second kappa shape index (κ2) is 9.78. The number of aryl methyl sites for hydroxylation is 1. The van der Waals surface area contributed by atoms with Crippen LogP contribution in [0.15, 0.2) is 60.7 Å². The molecule has 37 heavy (non-hydrogen) atoms. The average molecular weight is 519 g/mol. The number of pyridine rings is 1. The van der Waals surface area contributed by atoms with Gasteiger partial charge in [0.1, 0.15) is 0 Å². The Kier molecular flexibility index (Phi) is 6.51. The van der Waals surface area contributed by atoms with Gasteiger partial charge in [-0.1, -0.05) is 30.3 Å². The van der Waals surface area contributed by atoms with Gasteiger partial charge in [-0.2, -0.15) is 5.10 Å². The molecule has 4 aromatic rings. The lowest BCUT2D eigenvalue weighted by atomic mass is 10.0. The lowest BCUT2D eigenvalue weighted by molar-refractivity contribution is 0.0526. The van der Waals surface area contributed by atoms with Crippen LogP contribution < -0.4 is 5.32 Å². The highest BCUT2D eigenvalue weighted by atomic mass is 32.2. The molecule has 0 spiro atoms. The van der Waals surface area contributed by atoms with E-state index in [2.05, 4.69) is 10.4 Å². The molecule has 1 amide bonds. The number of rotatable bonds is 6. The minimum Gasteiger partial charge on any atom is -0.462 e. The molecule has 10 heteroatoms. The topological polar surface area (TPSA) is 120 Å². The van der Waals surface area contributed by atoms with Crippen molar-refractivity contribution >= 4 is 38.4 Å². The van der Waals surface area contributed by atoms with Crippen LogP contribution in [-0.2, 0) is 14.6 Å². The Labute approximate surface area is 214 Å². The fourth-order valence-electron chi connectivity index (χ4n) is 4.57. The first kappa shape index (κ1) is 24.6. The van der Waals surface area contributed by atoms with Crippen LogP contribution in [-0.4, -0.2) is 53.2 Å². The first-order valence-electron chi connectivity index (χ1n) is 12.0. The molecule has 1 unspecified atom stereocenters. The van der Waals surface area contributed by atoms with Crippen molar-refractivity contribution in [2.24, 2.45) is 0 Å². The van der Waals surface area contributed by atoms with Crippen LogP contribution in [0.25, 0.3) is 22.3 Å². The lowest BCUT2D eigenvalue weighted by Gasteiger charge is -2.12. The summed E-state index contributed by atoms with van der Waals surface area (Å²) in [6, 6.07) is 17.3. The Morgan fingerprint density at radius 3 is 2.49 bits per heavy atom. The van der Waals surface area contributed by atoms with Crippen molar-refractivity contribution in [1.29, 1.82) is 0 Å². The number of ether oxygens (including phenoxy) is 1. The standard InChI is InChI=1S/C27H26N4O5S/c1-3-36-27(33)19-9-11-20(12-10-19)28-26(32)22-15-23(18-7-5-4-6-8-18)29-25-24(22)17(2)30-31(25)21-13-14-37(34,35)16-21/h4-12,15,21H,3,13-14,16H2,1-2H3,(H,28,32). The molecule has 9 nitrogen and oxygen atoms in total. The van der Waals surface area contributed by atoms with Gasteiger partial charge < -0.3 is 10.1 Å². The summed E-state index contributed by atoms with van der Waals surface area (Å²) in [5, 5.41) is 8.10. The maximum atomic E-state index is 13.6. The average Bonchev–Trinajstić information content (AvgIpc) is 3.43. The Morgan fingerprint density at radius 1 is 1.11 bits per heavy atom. The number of amides is 1. The lowest BCUT2D eigenvalue weighted by Crippen LogP contribution is -2.15. The normalized spacial score (nSPS) is 16.5. The van der Waals surface area contributed by atoms with Crippen molar-refractivity contribution in [1.82, 2.24) is 14.8 Å². The molecule has 190 valence electrons. The number of hydrogen-bond donors (Lipinski definition) is 1. The maximum absolute atomic E-state index is 13.6. The third-order valence-corrected chi connectivity index (χ3v) is 8.11. The molecule has 2 aromatic heterocycles. The van der Waals surface area contributed by atoms with E-state index in [1.807, 2.05) is 30.3 Å². The van der Waals surface area contributed by atoms with E-state index in [9.17, 15) is 18.0 Å². The molecule has 1 aliphatic heterocycles. The Balaban J connectivity index is 1.57. The van der Waals surface area contributed by atoms with Crippen molar-refractivity contribution in [3.63, 3.8) is 0 Å². The summed E-state index contributed by atoms with van der Waals surface area (Å²) in [5.74, 6) is -0.698. The summed E-state index contributed by atoms with van der Waals surface area (Å²) in [4.78, 5) is 30.3. The molecule has 1 N–H and O–H groups in total. The molecule has 2 aromatic carbocycles. The number of benzene rings is 2. The molecule has 1 atom stereocenters. The van der Waals surface area contributed by atoms with Crippen molar-refractivity contribution in [3.8, 4) is 11.3 Å². The summed E-state index contributed by atoms with van der Waals surface area (Å²) in [7, 11) is -3.15. The summed E-state index contributed by atoms with van der Waals surface area (Å²) < 4.78 is 31.0. The zero-order chi connectivity index (χ0) is 26.2. The van der Waals surface area contributed by atoms with E-state index in [0.29, 0.717) is 45.7 Å². The SMILES string of the molecule is CCOC(=O)c1ccc(NC(=O)c2cc(-c3ccccc3)nc3c2c(C)nn3C2CCS(=O)(=O)C2)cc1. The number of fused-ring (bicyclic) bond motifs is 1. The smallest absolute Gasteiger partial charge is 0.338 e. The number of aromatic nitrogens is 3. The van der Waals surface area contributed by atoms with Gasteiger partial charge in [-0.15, -0.1) is 0 Å². The number of nitrogens with zero attached hydrogens (tertiary/aromatic N) is 3. The van der Waals surface area contributed by atoms with E-state index in [4.69, 9.17) is 9.72 Å². The highest BCUT2D eigenvalue weighted by Crippen LogP contribution is 2.32. The van der Waals surface area contributed by atoms with Gasteiger partial charge in [-0.25, -0.2) is 22.9 Å². The van der Waals surface area contributed by atoms with E-state index >= 15 is 0 Å². The zero-order valence-electron chi connectivity index (χ0n) is 20.5. The third-order valence-electron chi connectivity index (χ3n) is 6.36. The van der Waals surface area contributed by atoms with Crippen molar-refractivity contribution in [2.75, 3.05) is 23.4 Å². The Bertz CT molecular complexity index is 1600. The van der Waals surface area contributed by atoms with Crippen molar-refractivity contribution < 1.29 is 22.7 Å². The van der Waals surface area contributed by atoms with Crippen LogP contribution in [0.4, 0.5) is 5.69 Å². The minimum atomic E-state index is -3.15. The highest BCUT2D eigenvalue weighted by Gasteiger charge is 2.32. The summed E-state index contributed by atoms with van der Waals surface area (Å²) in [6.07, 6.45) is 0.449. The zero-order valence-corrected chi connectivity index (χ0v) is 21.3. The third kappa shape index (κ3) is 4.97. The second-order valence-electron chi connectivity index (χ2n) is 8.96. The van der Waals surface area contributed by atoms with E-state index in [0.717, 1.165) is 5.56 Å². The molecule has 0 aliphatic carbocycles. The number of carbonyl (C=O) groups is 2. The first-order valence-corrected chi connectivity index (χ1v) is 13.8. The van der Waals surface area contributed by atoms with Gasteiger partial charge in [-0.3, -0.25) is 4.79 Å². The van der Waals surface area contributed by atoms with Crippen molar-refractivity contribution in [2.45, 2.75) is 26.3 Å². The number of nitrogens with one attached hydrogen (secondary N) is 1. The van der Waals surface area contributed by atoms with Crippen LogP contribution in [0.2, 0.25) is 0 Å². The molecule has 0 radical (unpaired) electrons. The van der Waals surface area contributed by atoms with E-state index in [-0.39, 0.29) is 30.1 Å². The monoisotopic (exact) mass is 518 g/mol. The van der Waals surface area contributed by atoms with Crippen LogP contribution in [0.5, 0.6) is 0 Å². The van der Waals surface area contributed by atoms with Crippen LogP contribution >= 0.6 is 0 Å². The molecular weight excluding hydrogens is 492 g/mol. The maximum Gasteiger partial charge on any atom is 0.338 e. The van der Waals surface area contributed by atoms with Gasteiger partial charge in [0, 0.05) is 11.3 Å². The van der Waals surface area contributed by atoms with Crippen LogP contribution in [0.1, 0.15) is 45.8 Å². The fraction of sp³-hybridized carbons (Fsp3) is 0.259. The van der Waals surface area contributed by atoms with Crippen LogP contribution in [0.3, 0.4) is 0 Å². The largest absolute Gasteiger partial charge is 0.462 e.